The van der Waals surface area contributed by atoms with Crippen molar-refractivity contribution in [3.63, 3.8) is 0 Å². The van der Waals surface area contributed by atoms with E-state index in [1.807, 2.05) is 55.5 Å². The van der Waals surface area contributed by atoms with Crippen molar-refractivity contribution < 1.29 is 28.7 Å². The van der Waals surface area contributed by atoms with Crippen molar-refractivity contribution in [2.24, 2.45) is 0 Å². The molecule has 178 valence electrons. The number of amides is 2. The number of esters is 1. The molecule has 0 aromatic heterocycles. The van der Waals surface area contributed by atoms with E-state index in [1.165, 1.54) is 6.08 Å². The molecule has 0 heterocycles. The van der Waals surface area contributed by atoms with Crippen LogP contribution in [-0.2, 0) is 23.9 Å². The molecular formula is C26H28N2O6. The second-order valence-electron chi connectivity index (χ2n) is 7.83. The van der Waals surface area contributed by atoms with Gasteiger partial charge in [0.05, 0.1) is 0 Å². The van der Waals surface area contributed by atoms with Gasteiger partial charge in [-0.25, -0.2) is 4.79 Å². The minimum absolute atomic E-state index is 0.00441. The Hall–Kier alpha value is -3.94. The van der Waals surface area contributed by atoms with Crippen LogP contribution in [0.2, 0.25) is 0 Å². The monoisotopic (exact) mass is 464 g/mol. The van der Waals surface area contributed by atoms with Crippen LogP contribution < -0.4 is 10.6 Å². The summed E-state index contributed by atoms with van der Waals surface area (Å²) >= 11 is 0. The number of fused-ring (bicyclic) bond motifs is 3. The van der Waals surface area contributed by atoms with Gasteiger partial charge in [0.1, 0.15) is 25.8 Å². The molecule has 2 N–H and O–H groups in total. The number of hydrogen-bond acceptors (Lipinski definition) is 6. The van der Waals surface area contributed by atoms with Gasteiger partial charge >= 0.3 is 12.1 Å². The van der Waals surface area contributed by atoms with Gasteiger partial charge in [0.2, 0.25) is 5.78 Å². The van der Waals surface area contributed by atoms with Crippen molar-refractivity contribution >= 4 is 23.8 Å². The van der Waals surface area contributed by atoms with Crippen LogP contribution >= 0.6 is 0 Å². The molecule has 1 aliphatic rings. The van der Waals surface area contributed by atoms with E-state index in [1.54, 1.807) is 0 Å². The van der Waals surface area contributed by atoms with E-state index >= 15 is 0 Å². The average molecular weight is 465 g/mol. The Morgan fingerprint density at radius 3 is 2.21 bits per heavy atom. The molecule has 8 nitrogen and oxygen atoms in total. The first-order chi connectivity index (χ1) is 16.5. The lowest BCUT2D eigenvalue weighted by Gasteiger charge is -2.18. The van der Waals surface area contributed by atoms with Gasteiger partial charge in [0.15, 0.2) is 0 Å². The van der Waals surface area contributed by atoms with Crippen LogP contribution in [-0.4, -0.2) is 49.6 Å². The summed E-state index contributed by atoms with van der Waals surface area (Å²) in [6, 6.07) is 14.9. The molecule has 0 radical (unpaired) electrons. The topological polar surface area (TPSA) is 111 Å². The highest BCUT2D eigenvalue weighted by molar-refractivity contribution is 6.38. The second-order valence-corrected chi connectivity index (χ2v) is 7.83. The lowest BCUT2D eigenvalue weighted by molar-refractivity contribution is -0.144. The molecule has 8 heteroatoms. The van der Waals surface area contributed by atoms with E-state index in [4.69, 9.17) is 9.47 Å². The number of carbonyl (C=O) groups is 4. The van der Waals surface area contributed by atoms with Gasteiger partial charge in [-0.05, 0) is 28.7 Å². The zero-order valence-corrected chi connectivity index (χ0v) is 19.0. The van der Waals surface area contributed by atoms with Gasteiger partial charge in [0.25, 0.3) is 5.91 Å². The van der Waals surface area contributed by atoms with E-state index in [-0.39, 0.29) is 25.6 Å². The molecular weight excluding hydrogens is 436 g/mol. The zero-order valence-electron chi connectivity index (χ0n) is 19.0. The molecule has 1 atom stereocenters. The van der Waals surface area contributed by atoms with E-state index in [2.05, 4.69) is 17.2 Å². The average Bonchev–Trinajstić information content (AvgIpc) is 3.17. The summed E-state index contributed by atoms with van der Waals surface area (Å²) < 4.78 is 10.2. The lowest BCUT2D eigenvalue weighted by atomic mass is 9.98. The van der Waals surface area contributed by atoms with Crippen molar-refractivity contribution in [3.8, 4) is 11.1 Å². The number of ether oxygens (including phenoxy) is 2. The molecule has 0 unspecified atom stereocenters. The molecule has 0 fully saturated rings. The molecule has 2 amide bonds. The maximum Gasteiger partial charge on any atom is 0.407 e. The number of ketones is 1. The van der Waals surface area contributed by atoms with Crippen LogP contribution in [0.3, 0.4) is 0 Å². The van der Waals surface area contributed by atoms with Gasteiger partial charge < -0.3 is 20.1 Å². The third-order valence-corrected chi connectivity index (χ3v) is 5.51. The van der Waals surface area contributed by atoms with Crippen molar-refractivity contribution in [2.45, 2.75) is 31.7 Å². The fourth-order valence-corrected chi connectivity index (χ4v) is 3.94. The Morgan fingerprint density at radius 2 is 1.62 bits per heavy atom. The molecule has 0 saturated heterocycles. The summed E-state index contributed by atoms with van der Waals surface area (Å²) in [7, 11) is 0. The summed E-state index contributed by atoms with van der Waals surface area (Å²) in [5.74, 6) is -2.65. The highest BCUT2D eigenvalue weighted by Gasteiger charge is 2.30. The maximum absolute atomic E-state index is 12.5. The van der Waals surface area contributed by atoms with E-state index in [9.17, 15) is 19.2 Å². The predicted molar refractivity (Wildman–Crippen MR) is 126 cm³/mol. The summed E-state index contributed by atoms with van der Waals surface area (Å²) in [4.78, 5) is 48.7. The lowest BCUT2D eigenvalue weighted by Crippen LogP contribution is -2.48. The largest absolute Gasteiger partial charge is 0.460 e. The quantitative estimate of drug-likeness (QED) is 0.300. The first kappa shape index (κ1) is 24.7. The number of carbonyl (C=O) groups excluding carboxylic acids is 4. The van der Waals surface area contributed by atoms with Crippen molar-refractivity contribution in [1.29, 1.82) is 0 Å². The maximum atomic E-state index is 12.5. The standard InChI is InChI=1S/C26H28N2O6/c1-3-9-22(24(30)25(31)27-15-23(29)33-14-4-2)28-26(32)34-16-21-19-12-7-5-10-17(19)18-11-6-8-13-20(18)21/h4-8,10-13,21-22H,2-3,9,14-16H2,1H3,(H,27,31)(H,28,32)/t22-/m1/s1. The highest BCUT2D eigenvalue weighted by atomic mass is 16.5. The van der Waals surface area contributed by atoms with Crippen LogP contribution in [0, 0.1) is 0 Å². The Bertz CT molecular complexity index is 1030. The summed E-state index contributed by atoms with van der Waals surface area (Å²) in [5.41, 5.74) is 4.35. The number of Topliss-reactive ketones (excluding diaryl/α,β-unsaturated/α-hetero) is 1. The Labute approximate surface area is 198 Å². The molecule has 2 aromatic rings. The second kappa shape index (κ2) is 11.8. The highest BCUT2D eigenvalue weighted by Crippen LogP contribution is 2.44. The fourth-order valence-electron chi connectivity index (χ4n) is 3.94. The fraction of sp³-hybridized carbons (Fsp3) is 0.308. The SMILES string of the molecule is C=CCOC(=O)CNC(=O)C(=O)[C@@H](CCC)NC(=O)OCC1c2ccccc2-c2ccccc21. The predicted octanol–water partition coefficient (Wildman–Crippen LogP) is 3.11. The van der Waals surface area contributed by atoms with Crippen LogP contribution in [0.1, 0.15) is 36.8 Å². The van der Waals surface area contributed by atoms with E-state index < -0.39 is 36.3 Å². The zero-order chi connectivity index (χ0) is 24.5. The molecule has 1 aliphatic carbocycles. The number of hydrogen-bond donors (Lipinski definition) is 2. The van der Waals surface area contributed by atoms with E-state index in [0.717, 1.165) is 22.3 Å². The van der Waals surface area contributed by atoms with Gasteiger partial charge in [-0.3, -0.25) is 14.4 Å². The number of benzene rings is 2. The Balaban J connectivity index is 1.58. The third kappa shape index (κ3) is 5.89. The first-order valence-electron chi connectivity index (χ1n) is 11.2. The van der Waals surface area contributed by atoms with Crippen molar-refractivity contribution in [1.82, 2.24) is 10.6 Å². The van der Waals surface area contributed by atoms with Gasteiger partial charge in [-0.1, -0.05) is 74.5 Å². The van der Waals surface area contributed by atoms with E-state index in [0.29, 0.717) is 6.42 Å². The minimum Gasteiger partial charge on any atom is -0.460 e. The molecule has 0 bridgehead atoms. The van der Waals surface area contributed by atoms with Gasteiger partial charge in [0, 0.05) is 5.92 Å². The number of alkyl carbamates (subject to hydrolysis) is 1. The van der Waals surface area contributed by atoms with Crippen molar-refractivity contribution in [3.05, 3.63) is 72.3 Å². The molecule has 2 aromatic carbocycles. The van der Waals surface area contributed by atoms with Crippen LogP contribution in [0.4, 0.5) is 4.79 Å². The summed E-state index contributed by atoms with van der Waals surface area (Å²) in [6.07, 6.45) is 1.40. The molecule has 0 spiro atoms. The Morgan fingerprint density at radius 1 is 1.00 bits per heavy atom. The number of rotatable bonds is 11. The molecule has 34 heavy (non-hydrogen) atoms. The molecule has 3 rings (SSSR count). The number of nitrogens with one attached hydrogen (secondary N) is 2. The Kier molecular flexibility index (Phi) is 8.56. The third-order valence-electron chi connectivity index (χ3n) is 5.51. The smallest absolute Gasteiger partial charge is 0.407 e. The van der Waals surface area contributed by atoms with Gasteiger partial charge in [-0.15, -0.1) is 0 Å². The van der Waals surface area contributed by atoms with Crippen LogP contribution in [0.25, 0.3) is 11.1 Å². The van der Waals surface area contributed by atoms with Crippen LogP contribution in [0.5, 0.6) is 0 Å². The summed E-state index contributed by atoms with van der Waals surface area (Å²) in [5, 5.41) is 4.70. The minimum atomic E-state index is -1.06. The van der Waals surface area contributed by atoms with Crippen molar-refractivity contribution in [2.75, 3.05) is 19.8 Å². The molecule has 0 aliphatic heterocycles. The van der Waals surface area contributed by atoms with Crippen LogP contribution in [0.15, 0.2) is 61.2 Å². The summed E-state index contributed by atoms with van der Waals surface area (Å²) in [6.45, 7) is 4.88. The first-order valence-corrected chi connectivity index (χ1v) is 11.2. The normalized spacial score (nSPS) is 12.6. The van der Waals surface area contributed by atoms with Gasteiger partial charge in [-0.2, -0.15) is 0 Å². The molecule has 0 saturated carbocycles.